The first-order valence-electron chi connectivity index (χ1n) is 6.28. The van der Waals surface area contributed by atoms with Crippen LogP contribution in [0.1, 0.15) is 0 Å². The van der Waals surface area contributed by atoms with Crippen molar-refractivity contribution in [3.05, 3.63) is 66.5 Å². The molecule has 1 N–H and O–H groups in total. The van der Waals surface area contributed by atoms with Crippen LogP contribution in [-0.2, 0) is 10.0 Å². The monoisotopic (exact) mass is 320 g/mol. The third kappa shape index (κ3) is 2.62. The van der Waals surface area contributed by atoms with Gasteiger partial charge in [0.2, 0.25) is 0 Å². The van der Waals surface area contributed by atoms with Gasteiger partial charge >= 0.3 is 0 Å². The van der Waals surface area contributed by atoms with Crippen molar-refractivity contribution in [2.75, 3.05) is 4.72 Å². The fourth-order valence-corrected chi connectivity index (χ4v) is 3.38. The molecule has 112 valence electrons. The van der Waals surface area contributed by atoms with Crippen LogP contribution in [0.2, 0.25) is 0 Å². The van der Waals surface area contributed by atoms with Gasteiger partial charge in [-0.3, -0.25) is 9.71 Å². The van der Waals surface area contributed by atoms with E-state index in [-0.39, 0.29) is 10.6 Å². The van der Waals surface area contributed by atoms with Crippen molar-refractivity contribution in [3.63, 3.8) is 0 Å². The van der Waals surface area contributed by atoms with Crippen LogP contribution >= 0.6 is 0 Å². The molecule has 0 saturated carbocycles. The van der Waals surface area contributed by atoms with Gasteiger partial charge in [-0.2, -0.15) is 0 Å². The number of nitrogens with zero attached hydrogens (tertiary/aromatic N) is 1. The number of hydrogen-bond acceptors (Lipinski definition) is 3. The molecule has 4 nitrogen and oxygen atoms in total. The number of aromatic nitrogens is 1. The zero-order chi connectivity index (χ0) is 15.7. The number of hydrogen-bond donors (Lipinski definition) is 1. The van der Waals surface area contributed by atoms with E-state index in [4.69, 9.17) is 0 Å². The highest BCUT2D eigenvalue weighted by Crippen LogP contribution is 2.24. The Morgan fingerprint density at radius 2 is 1.82 bits per heavy atom. The highest BCUT2D eigenvalue weighted by molar-refractivity contribution is 7.93. The summed E-state index contributed by atoms with van der Waals surface area (Å²) in [5.74, 6) is -2.17. The molecule has 22 heavy (non-hydrogen) atoms. The van der Waals surface area contributed by atoms with Gasteiger partial charge in [0, 0.05) is 29.2 Å². The van der Waals surface area contributed by atoms with Crippen molar-refractivity contribution in [3.8, 4) is 0 Å². The van der Waals surface area contributed by atoms with E-state index in [1.807, 2.05) is 0 Å². The molecule has 3 rings (SSSR count). The third-order valence-electron chi connectivity index (χ3n) is 3.10. The Labute approximate surface area is 125 Å². The van der Waals surface area contributed by atoms with E-state index in [2.05, 4.69) is 9.71 Å². The summed E-state index contributed by atoms with van der Waals surface area (Å²) < 4.78 is 53.3. The van der Waals surface area contributed by atoms with E-state index in [0.717, 1.165) is 18.2 Å². The van der Waals surface area contributed by atoms with E-state index in [9.17, 15) is 17.2 Å². The highest BCUT2D eigenvalue weighted by atomic mass is 32.2. The Hall–Kier alpha value is -2.54. The van der Waals surface area contributed by atoms with Crippen molar-refractivity contribution in [1.82, 2.24) is 4.98 Å². The molecule has 1 aromatic heterocycles. The summed E-state index contributed by atoms with van der Waals surface area (Å²) in [6.45, 7) is 0. The van der Waals surface area contributed by atoms with Gasteiger partial charge in [0.15, 0.2) is 11.6 Å². The molecule has 0 spiro atoms. The summed E-state index contributed by atoms with van der Waals surface area (Å²) in [6.07, 6.45) is 3.03. The molecule has 0 radical (unpaired) electrons. The first kappa shape index (κ1) is 14.4. The van der Waals surface area contributed by atoms with Crippen molar-refractivity contribution in [1.29, 1.82) is 0 Å². The molecule has 2 aromatic carbocycles. The lowest BCUT2D eigenvalue weighted by molar-refractivity contribution is 0.509. The second-order valence-corrected chi connectivity index (χ2v) is 6.24. The lowest BCUT2D eigenvalue weighted by Crippen LogP contribution is -2.13. The molecular weight excluding hydrogens is 310 g/mol. The second-order valence-electron chi connectivity index (χ2n) is 4.59. The van der Waals surface area contributed by atoms with E-state index in [0.29, 0.717) is 10.8 Å². The third-order valence-corrected chi connectivity index (χ3v) is 4.54. The van der Waals surface area contributed by atoms with Crippen molar-refractivity contribution < 1.29 is 17.2 Å². The molecule has 7 heteroatoms. The van der Waals surface area contributed by atoms with Crippen molar-refractivity contribution in [2.45, 2.75) is 4.90 Å². The molecule has 0 aliphatic heterocycles. The number of nitrogens with one attached hydrogen (secondary N) is 1. The topological polar surface area (TPSA) is 59.1 Å². The number of anilines is 1. The van der Waals surface area contributed by atoms with E-state index in [1.165, 1.54) is 12.3 Å². The fraction of sp³-hybridized carbons (Fsp3) is 0. The van der Waals surface area contributed by atoms with E-state index in [1.54, 1.807) is 24.4 Å². The summed E-state index contributed by atoms with van der Waals surface area (Å²) in [5, 5.41) is 1.16. The molecule has 0 aliphatic carbocycles. The van der Waals surface area contributed by atoms with Crippen LogP contribution in [0.15, 0.2) is 59.8 Å². The average molecular weight is 320 g/mol. The SMILES string of the molecule is O=S(=O)(Nc1ccc(F)c(F)c1)c1cccc2cnccc12. The number of pyridine rings is 1. The molecule has 0 aliphatic rings. The molecule has 0 unspecified atom stereocenters. The molecule has 0 bridgehead atoms. The zero-order valence-electron chi connectivity index (χ0n) is 11.1. The normalized spacial score (nSPS) is 11.5. The van der Waals surface area contributed by atoms with Crippen molar-refractivity contribution >= 4 is 26.5 Å². The zero-order valence-corrected chi connectivity index (χ0v) is 11.9. The number of benzene rings is 2. The first-order chi connectivity index (χ1) is 10.5. The summed E-state index contributed by atoms with van der Waals surface area (Å²) in [6, 6.07) is 9.14. The molecule has 0 amide bonds. The van der Waals surface area contributed by atoms with Crippen LogP contribution in [0.5, 0.6) is 0 Å². The first-order valence-corrected chi connectivity index (χ1v) is 7.76. The van der Waals surface area contributed by atoms with Crippen molar-refractivity contribution in [2.24, 2.45) is 0 Å². The molecule has 1 heterocycles. The molecular formula is C15H10F2N2O2S. The van der Waals surface area contributed by atoms with Gasteiger partial charge in [0.1, 0.15) is 0 Å². The van der Waals surface area contributed by atoms with Crippen LogP contribution in [0, 0.1) is 11.6 Å². The molecule has 0 fully saturated rings. The summed E-state index contributed by atoms with van der Waals surface area (Å²) in [7, 11) is -3.94. The minimum absolute atomic E-state index is 0.0390. The maximum absolute atomic E-state index is 13.2. The van der Waals surface area contributed by atoms with Gasteiger partial charge in [-0.25, -0.2) is 17.2 Å². The number of rotatable bonds is 3. The average Bonchev–Trinajstić information content (AvgIpc) is 2.50. The van der Waals surface area contributed by atoms with Gasteiger partial charge in [0.05, 0.1) is 10.6 Å². The fourth-order valence-electron chi connectivity index (χ4n) is 2.10. The van der Waals surface area contributed by atoms with Crippen LogP contribution < -0.4 is 4.72 Å². The molecule has 0 saturated heterocycles. The number of halogens is 2. The number of sulfonamides is 1. The lowest BCUT2D eigenvalue weighted by atomic mass is 10.2. The summed E-state index contributed by atoms with van der Waals surface area (Å²) in [5.41, 5.74) is -0.0510. The summed E-state index contributed by atoms with van der Waals surface area (Å²) >= 11 is 0. The van der Waals surface area contributed by atoms with Gasteiger partial charge in [-0.05, 0) is 24.3 Å². The molecule has 3 aromatic rings. The van der Waals surface area contributed by atoms with E-state index < -0.39 is 21.7 Å². The Kier molecular flexibility index (Phi) is 3.50. The van der Waals surface area contributed by atoms with Gasteiger partial charge < -0.3 is 0 Å². The van der Waals surface area contributed by atoms with Gasteiger partial charge in [-0.1, -0.05) is 12.1 Å². The van der Waals surface area contributed by atoms with Gasteiger partial charge in [0.25, 0.3) is 10.0 Å². The Balaban J connectivity index is 2.07. The van der Waals surface area contributed by atoms with Gasteiger partial charge in [-0.15, -0.1) is 0 Å². The van der Waals surface area contributed by atoms with Crippen LogP contribution in [-0.4, -0.2) is 13.4 Å². The number of fused-ring (bicyclic) bond motifs is 1. The predicted octanol–water partition coefficient (Wildman–Crippen LogP) is 3.31. The minimum Gasteiger partial charge on any atom is -0.280 e. The lowest BCUT2D eigenvalue weighted by Gasteiger charge is -2.10. The maximum Gasteiger partial charge on any atom is 0.262 e. The summed E-state index contributed by atoms with van der Waals surface area (Å²) in [4.78, 5) is 3.97. The highest BCUT2D eigenvalue weighted by Gasteiger charge is 2.18. The largest absolute Gasteiger partial charge is 0.280 e. The molecule has 0 atom stereocenters. The smallest absolute Gasteiger partial charge is 0.262 e. The maximum atomic E-state index is 13.2. The van der Waals surface area contributed by atoms with Crippen LogP contribution in [0.4, 0.5) is 14.5 Å². The Bertz CT molecular complexity index is 953. The Morgan fingerprint density at radius 3 is 2.59 bits per heavy atom. The quantitative estimate of drug-likeness (QED) is 0.805. The Morgan fingerprint density at radius 1 is 1.00 bits per heavy atom. The minimum atomic E-state index is -3.94. The van der Waals surface area contributed by atoms with E-state index >= 15 is 0 Å². The van der Waals surface area contributed by atoms with Crippen LogP contribution in [0.25, 0.3) is 10.8 Å². The second kappa shape index (κ2) is 5.34. The van der Waals surface area contributed by atoms with Crippen LogP contribution in [0.3, 0.4) is 0 Å². The predicted molar refractivity (Wildman–Crippen MR) is 78.9 cm³/mol. The standard InChI is InChI=1S/C15H10F2N2O2S/c16-13-5-4-11(8-14(13)17)19-22(20,21)15-3-1-2-10-9-18-7-6-12(10)15/h1-9,19H.